The van der Waals surface area contributed by atoms with Gasteiger partial charge in [0.25, 0.3) is 0 Å². The number of aromatic carboxylic acids is 1. The van der Waals surface area contributed by atoms with E-state index in [0.29, 0.717) is 23.1 Å². The summed E-state index contributed by atoms with van der Waals surface area (Å²) in [5.41, 5.74) is -0.438. The first-order valence-corrected chi connectivity index (χ1v) is 7.30. The Hall–Kier alpha value is -1.47. The summed E-state index contributed by atoms with van der Waals surface area (Å²) in [6.07, 6.45) is 1.68. The van der Waals surface area contributed by atoms with Crippen molar-refractivity contribution in [3.05, 3.63) is 15.6 Å². The van der Waals surface area contributed by atoms with Gasteiger partial charge in [0.05, 0.1) is 18.6 Å². The molecule has 0 aromatic carbocycles. The summed E-state index contributed by atoms with van der Waals surface area (Å²) in [5, 5.41) is 12.4. The highest BCUT2D eigenvalue weighted by molar-refractivity contribution is 7.11. The van der Waals surface area contributed by atoms with Crippen molar-refractivity contribution in [1.29, 1.82) is 0 Å². The zero-order chi connectivity index (χ0) is 14.8. The van der Waals surface area contributed by atoms with Crippen molar-refractivity contribution in [1.82, 2.24) is 10.3 Å². The van der Waals surface area contributed by atoms with Crippen molar-refractivity contribution >= 4 is 23.2 Å². The number of aromatic nitrogens is 1. The van der Waals surface area contributed by atoms with Crippen LogP contribution in [-0.4, -0.2) is 35.2 Å². The van der Waals surface area contributed by atoms with Gasteiger partial charge >= 0.3 is 5.97 Å². The number of carbonyl (C=O) groups is 2. The maximum Gasteiger partial charge on any atom is 0.355 e. The van der Waals surface area contributed by atoms with Gasteiger partial charge in [-0.05, 0) is 26.7 Å². The zero-order valence-corrected chi connectivity index (χ0v) is 12.4. The lowest BCUT2D eigenvalue weighted by Gasteiger charge is -2.31. The summed E-state index contributed by atoms with van der Waals surface area (Å²) in [4.78, 5) is 27.8. The predicted octanol–water partition coefficient (Wildman–Crippen LogP) is 1.58. The fourth-order valence-electron chi connectivity index (χ4n) is 2.21. The molecule has 6 nitrogen and oxygen atoms in total. The van der Waals surface area contributed by atoms with Crippen LogP contribution in [0, 0.1) is 12.3 Å². The first-order chi connectivity index (χ1) is 9.42. The Bertz CT molecular complexity index is 520. The standard InChI is InChI=1S/C13H18N2O4S/c1-8-10(11(16)17)15-9(20-8)6-14-12(18)13(2)4-3-5-19-7-13/h3-7H2,1-2H3,(H,14,18)(H,16,17). The number of nitrogens with zero attached hydrogens (tertiary/aromatic N) is 1. The number of carboxylic acids is 1. The van der Waals surface area contributed by atoms with Gasteiger partial charge in [-0.25, -0.2) is 9.78 Å². The average Bonchev–Trinajstić information content (AvgIpc) is 2.78. The van der Waals surface area contributed by atoms with E-state index in [9.17, 15) is 9.59 Å². The molecule has 1 aliphatic rings. The molecule has 1 atom stereocenters. The molecule has 2 rings (SSSR count). The number of hydrogen-bond donors (Lipinski definition) is 2. The maximum absolute atomic E-state index is 12.2. The van der Waals surface area contributed by atoms with Crippen LogP contribution in [0.25, 0.3) is 0 Å². The molecule has 2 N–H and O–H groups in total. The number of hydrogen-bond acceptors (Lipinski definition) is 5. The van der Waals surface area contributed by atoms with E-state index in [1.54, 1.807) is 6.92 Å². The third-order valence-electron chi connectivity index (χ3n) is 3.43. The highest BCUT2D eigenvalue weighted by Gasteiger charge is 2.35. The van der Waals surface area contributed by atoms with E-state index in [0.717, 1.165) is 12.8 Å². The normalized spacial score (nSPS) is 22.5. The molecular weight excluding hydrogens is 280 g/mol. The Morgan fingerprint density at radius 3 is 2.85 bits per heavy atom. The van der Waals surface area contributed by atoms with Crippen LogP contribution < -0.4 is 5.32 Å². The molecule has 7 heteroatoms. The van der Waals surface area contributed by atoms with Crippen LogP contribution in [0.5, 0.6) is 0 Å². The predicted molar refractivity (Wildman–Crippen MR) is 73.8 cm³/mol. The van der Waals surface area contributed by atoms with E-state index < -0.39 is 11.4 Å². The Balaban J connectivity index is 1.96. The molecule has 0 aliphatic carbocycles. The van der Waals surface area contributed by atoms with Gasteiger partial charge in [0.15, 0.2) is 5.69 Å². The van der Waals surface area contributed by atoms with Crippen LogP contribution in [0.2, 0.25) is 0 Å². The van der Waals surface area contributed by atoms with Gasteiger partial charge in [0.2, 0.25) is 5.91 Å². The first-order valence-electron chi connectivity index (χ1n) is 6.48. The number of aryl methyl sites for hydroxylation is 1. The molecule has 0 saturated carbocycles. The summed E-state index contributed by atoms with van der Waals surface area (Å²) in [6, 6.07) is 0. The van der Waals surface area contributed by atoms with E-state index in [1.165, 1.54) is 11.3 Å². The van der Waals surface area contributed by atoms with Crippen LogP contribution >= 0.6 is 11.3 Å². The fraction of sp³-hybridized carbons (Fsp3) is 0.615. The maximum atomic E-state index is 12.2. The van der Waals surface area contributed by atoms with Crippen LogP contribution in [0.1, 0.15) is 40.1 Å². The molecule has 20 heavy (non-hydrogen) atoms. The molecule has 1 aliphatic heterocycles. The van der Waals surface area contributed by atoms with Crippen LogP contribution in [0.3, 0.4) is 0 Å². The third-order valence-corrected chi connectivity index (χ3v) is 4.40. The zero-order valence-electron chi connectivity index (χ0n) is 11.6. The molecule has 1 fully saturated rings. The number of ether oxygens (including phenoxy) is 1. The minimum Gasteiger partial charge on any atom is -0.476 e. The van der Waals surface area contributed by atoms with E-state index >= 15 is 0 Å². The van der Waals surface area contributed by atoms with Gasteiger partial charge < -0.3 is 15.2 Å². The Labute approximate surface area is 121 Å². The Morgan fingerprint density at radius 1 is 1.55 bits per heavy atom. The van der Waals surface area contributed by atoms with Gasteiger partial charge in [-0.1, -0.05) is 0 Å². The summed E-state index contributed by atoms with van der Waals surface area (Å²) in [5.74, 6) is -1.11. The van der Waals surface area contributed by atoms with Crippen molar-refractivity contribution in [3.8, 4) is 0 Å². The number of nitrogens with one attached hydrogen (secondary N) is 1. The average molecular weight is 298 g/mol. The molecule has 0 bridgehead atoms. The Kier molecular flexibility index (Phi) is 4.39. The highest BCUT2D eigenvalue weighted by Crippen LogP contribution is 2.28. The third kappa shape index (κ3) is 3.16. The van der Waals surface area contributed by atoms with Crippen molar-refractivity contribution in [2.24, 2.45) is 5.41 Å². The first kappa shape index (κ1) is 14.9. The van der Waals surface area contributed by atoms with Crippen LogP contribution in [0.15, 0.2) is 0 Å². The van der Waals surface area contributed by atoms with E-state index in [1.807, 2.05) is 6.92 Å². The second-order valence-corrected chi connectivity index (χ2v) is 6.50. The van der Waals surface area contributed by atoms with Gasteiger partial charge in [-0.3, -0.25) is 4.79 Å². The fourth-order valence-corrected chi connectivity index (χ4v) is 3.07. The van der Waals surface area contributed by atoms with E-state index in [4.69, 9.17) is 9.84 Å². The molecular formula is C13H18N2O4S. The SMILES string of the molecule is Cc1sc(CNC(=O)C2(C)CCCOC2)nc1C(=O)O. The van der Waals surface area contributed by atoms with Gasteiger partial charge in [0.1, 0.15) is 5.01 Å². The van der Waals surface area contributed by atoms with E-state index in [2.05, 4.69) is 10.3 Å². The quantitative estimate of drug-likeness (QED) is 0.881. The minimum absolute atomic E-state index is 0.0615. The molecule has 2 heterocycles. The molecule has 110 valence electrons. The largest absolute Gasteiger partial charge is 0.476 e. The smallest absolute Gasteiger partial charge is 0.355 e. The summed E-state index contributed by atoms with van der Waals surface area (Å²) in [6.45, 7) is 4.99. The summed E-state index contributed by atoms with van der Waals surface area (Å²) < 4.78 is 5.36. The molecule has 1 unspecified atom stereocenters. The lowest BCUT2D eigenvalue weighted by atomic mass is 9.84. The molecule has 1 amide bonds. The number of amides is 1. The summed E-state index contributed by atoms with van der Waals surface area (Å²) >= 11 is 1.29. The number of thiazole rings is 1. The minimum atomic E-state index is -1.04. The van der Waals surface area contributed by atoms with Crippen molar-refractivity contribution in [3.63, 3.8) is 0 Å². The number of carbonyl (C=O) groups excluding carboxylic acids is 1. The second-order valence-electron chi connectivity index (χ2n) is 5.22. The number of carboxylic acid groups (broad SMARTS) is 1. The monoisotopic (exact) mass is 298 g/mol. The van der Waals surface area contributed by atoms with Gasteiger partial charge in [-0.2, -0.15) is 0 Å². The molecule has 1 aromatic rings. The summed E-state index contributed by atoms with van der Waals surface area (Å²) in [7, 11) is 0. The lowest BCUT2D eigenvalue weighted by molar-refractivity contribution is -0.137. The number of rotatable bonds is 4. The van der Waals surface area contributed by atoms with Crippen LogP contribution in [-0.2, 0) is 16.1 Å². The molecule has 1 saturated heterocycles. The Morgan fingerprint density at radius 2 is 2.30 bits per heavy atom. The molecule has 1 aromatic heterocycles. The second kappa shape index (κ2) is 5.88. The topological polar surface area (TPSA) is 88.5 Å². The van der Waals surface area contributed by atoms with E-state index in [-0.39, 0.29) is 18.1 Å². The van der Waals surface area contributed by atoms with Crippen molar-refractivity contribution in [2.75, 3.05) is 13.2 Å². The lowest BCUT2D eigenvalue weighted by Crippen LogP contribution is -2.44. The van der Waals surface area contributed by atoms with Gasteiger partial charge in [-0.15, -0.1) is 11.3 Å². The molecule has 0 spiro atoms. The van der Waals surface area contributed by atoms with Crippen molar-refractivity contribution in [2.45, 2.75) is 33.2 Å². The van der Waals surface area contributed by atoms with Gasteiger partial charge in [0, 0.05) is 11.5 Å². The van der Waals surface area contributed by atoms with Crippen LogP contribution in [0.4, 0.5) is 0 Å². The molecule has 0 radical (unpaired) electrons. The highest BCUT2D eigenvalue weighted by atomic mass is 32.1. The van der Waals surface area contributed by atoms with Crippen molar-refractivity contribution < 1.29 is 19.4 Å².